The summed E-state index contributed by atoms with van der Waals surface area (Å²) in [4.78, 5) is 10.3. The van der Waals surface area contributed by atoms with Crippen LogP contribution in [0.2, 0.25) is 0 Å². The van der Waals surface area contributed by atoms with E-state index in [1.54, 1.807) is 0 Å². The number of carboxylic acids is 1. The van der Waals surface area contributed by atoms with Gasteiger partial charge >= 0.3 is 5.97 Å². The van der Waals surface area contributed by atoms with Gasteiger partial charge in [0.1, 0.15) is 0 Å². The zero-order valence-electron chi connectivity index (χ0n) is 13.5. The average Bonchev–Trinajstić information content (AvgIpc) is 2.45. The molecule has 0 heterocycles. The Hall–Kier alpha value is -1.09. The predicted molar refractivity (Wildman–Crippen MR) is 88.4 cm³/mol. The van der Waals surface area contributed by atoms with Gasteiger partial charge in [-0.05, 0) is 32.1 Å². The van der Waals surface area contributed by atoms with Gasteiger partial charge in [-0.2, -0.15) is 0 Å². The number of rotatable bonds is 14. The van der Waals surface area contributed by atoms with Gasteiger partial charge in [0.25, 0.3) is 0 Å². The molecule has 0 spiro atoms. The molecule has 0 amide bonds. The second-order valence-corrected chi connectivity index (χ2v) is 5.51. The van der Waals surface area contributed by atoms with Crippen LogP contribution in [0.15, 0.2) is 24.3 Å². The number of aliphatic hydroxyl groups excluding tert-OH is 1. The Bertz CT molecular complexity index is 295. The van der Waals surface area contributed by atoms with Crippen molar-refractivity contribution < 1.29 is 15.0 Å². The molecule has 0 unspecified atom stereocenters. The molecule has 3 nitrogen and oxygen atoms in total. The lowest BCUT2D eigenvalue weighted by atomic mass is 10.1. The number of unbranched alkanes of at least 4 members (excludes halogenated alkanes) is 6. The van der Waals surface area contributed by atoms with Gasteiger partial charge in [0.05, 0.1) is 6.10 Å². The molecular formula is C18H32O3. The van der Waals surface area contributed by atoms with E-state index in [4.69, 9.17) is 5.11 Å². The first-order chi connectivity index (χ1) is 10.2. The molecular weight excluding hydrogens is 264 g/mol. The highest BCUT2D eigenvalue weighted by atomic mass is 16.4. The summed E-state index contributed by atoms with van der Waals surface area (Å²) >= 11 is 0. The van der Waals surface area contributed by atoms with E-state index in [2.05, 4.69) is 25.2 Å². The predicted octanol–water partition coefficient (Wildman–Crippen LogP) is 4.86. The Morgan fingerprint density at radius 3 is 2.24 bits per heavy atom. The van der Waals surface area contributed by atoms with Crippen LogP contribution in [-0.2, 0) is 4.79 Å². The molecule has 2 N–H and O–H groups in total. The highest BCUT2D eigenvalue weighted by molar-refractivity contribution is 5.66. The Balaban J connectivity index is 3.33. The first-order valence-corrected chi connectivity index (χ1v) is 8.38. The Labute approximate surface area is 129 Å². The maximum absolute atomic E-state index is 10.3. The number of carboxylic acid groups (broad SMARTS) is 1. The van der Waals surface area contributed by atoms with Crippen molar-refractivity contribution in [1.29, 1.82) is 0 Å². The largest absolute Gasteiger partial charge is 0.481 e. The maximum Gasteiger partial charge on any atom is 0.303 e. The third-order valence-electron chi connectivity index (χ3n) is 3.40. The standard InChI is InChI=1S/C18H32O3/c1-2-3-4-5-8-11-14-17(19)15-12-9-6-7-10-13-16-18(20)21/h3-4,11,14,17,19H,2,5-10,12-13,15-16H2,1H3,(H,20,21)/b4-3-,14-11+/t17-/m1/s1. The van der Waals surface area contributed by atoms with Gasteiger partial charge in [0.15, 0.2) is 0 Å². The fourth-order valence-electron chi connectivity index (χ4n) is 2.16. The normalized spacial score (nSPS) is 13.2. The fraction of sp³-hybridized carbons (Fsp3) is 0.722. The van der Waals surface area contributed by atoms with Crippen LogP contribution in [0, 0.1) is 0 Å². The van der Waals surface area contributed by atoms with Crippen molar-refractivity contribution in [3.8, 4) is 0 Å². The van der Waals surface area contributed by atoms with E-state index in [9.17, 15) is 9.90 Å². The monoisotopic (exact) mass is 296 g/mol. The summed E-state index contributed by atoms with van der Waals surface area (Å²) in [6.45, 7) is 2.13. The summed E-state index contributed by atoms with van der Waals surface area (Å²) in [5.41, 5.74) is 0. The van der Waals surface area contributed by atoms with Gasteiger partial charge in [0, 0.05) is 6.42 Å². The van der Waals surface area contributed by atoms with Crippen LogP contribution in [0.3, 0.4) is 0 Å². The first kappa shape index (κ1) is 19.9. The maximum atomic E-state index is 10.3. The van der Waals surface area contributed by atoms with Crippen LogP contribution in [0.25, 0.3) is 0 Å². The van der Waals surface area contributed by atoms with Crippen molar-refractivity contribution in [2.24, 2.45) is 0 Å². The molecule has 0 aliphatic heterocycles. The molecule has 0 aromatic rings. The summed E-state index contributed by atoms with van der Waals surface area (Å²) in [5, 5.41) is 18.3. The van der Waals surface area contributed by atoms with E-state index in [0.29, 0.717) is 0 Å². The molecule has 0 aromatic heterocycles. The van der Waals surface area contributed by atoms with E-state index in [0.717, 1.165) is 64.2 Å². The Morgan fingerprint density at radius 2 is 1.57 bits per heavy atom. The molecule has 0 aliphatic rings. The van der Waals surface area contributed by atoms with E-state index in [1.807, 2.05) is 6.08 Å². The fourth-order valence-corrected chi connectivity index (χ4v) is 2.16. The summed E-state index contributed by atoms with van der Waals surface area (Å²) in [6, 6.07) is 0. The molecule has 3 heteroatoms. The van der Waals surface area contributed by atoms with Gasteiger partial charge in [0.2, 0.25) is 0 Å². The topological polar surface area (TPSA) is 57.5 Å². The lowest BCUT2D eigenvalue weighted by Crippen LogP contribution is -2.01. The van der Waals surface area contributed by atoms with Crippen molar-refractivity contribution in [3.05, 3.63) is 24.3 Å². The minimum absolute atomic E-state index is 0.289. The van der Waals surface area contributed by atoms with Gasteiger partial charge < -0.3 is 10.2 Å². The minimum Gasteiger partial charge on any atom is -0.481 e. The van der Waals surface area contributed by atoms with Crippen molar-refractivity contribution in [2.75, 3.05) is 0 Å². The summed E-state index contributed by atoms with van der Waals surface area (Å²) in [7, 11) is 0. The van der Waals surface area contributed by atoms with Gasteiger partial charge in [-0.15, -0.1) is 0 Å². The highest BCUT2D eigenvalue weighted by Crippen LogP contribution is 2.10. The van der Waals surface area contributed by atoms with Crippen LogP contribution >= 0.6 is 0 Å². The van der Waals surface area contributed by atoms with Crippen LogP contribution in [0.5, 0.6) is 0 Å². The van der Waals surface area contributed by atoms with Gasteiger partial charge in [-0.25, -0.2) is 0 Å². The molecule has 0 rings (SSSR count). The molecule has 122 valence electrons. The Kier molecular flexibility index (Phi) is 14.5. The molecule has 0 fully saturated rings. The number of carbonyl (C=O) groups is 1. The van der Waals surface area contributed by atoms with Crippen LogP contribution in [-0.4, -0.2) is 22.3 Å². The molecule has 0 bridgehead atoms. The third-order valence-corrected chi connectivity index (χ3v) is 3.40. The molecule has 0 radical (unpaired) electrons. The zero-order valence-corrected chi connectivity index (χ0v) is 13.5. The number of aliphatic hydroxyl groups is 1. The second-order valence-electron chi connectivity index (χ2n) is 5.51. The van der Waals surface area contributed by atoms with Crippen molar-refractivity contribution in [2.45, 2.75) is 83.7 Å². The van der Waals surface area contributed by atoms with Crippen molar-refractivity contribution >= 4 is 5.97 Å². The Morgan fingerprint density at radius 1 is 0.952 bits per heavy atom. The van der Waals surface area contributed by atoms with E-state index in [1.165, 1.54) is 0 Å². The minimum atomic E-state index is -0.699. The van der Waals surface area contributed by atoms with Crippen molar-refractivity contribution in [3.63, 3.8) is 0 Å². The van der Waals surface area contributed by atoms with E-state index < -0.39 is 5.97 Å². The summed E-state index contributed by atoms with van der Waals surface area (Å²) in [6.07, 6.45) is 18.4. The highest BCUT2D eigenvalue weighted by Gasteiger charge is 1.99. The van der Waals surface area contributed by atoms with Gasteiger partial charge in [-0.1, -0.05) is 63.3 Å². The smallest absolute Gasteiger partial charge is 0.303 e. The lowest BCUT2D eigenvalue weighted by Gasteiger charge is -2.05. The zero-order chi connectivity index (χ0) is 15.8. The number of allylic oxidation sites excluding steroid dienone is 3. The quantitative estimate of drug-likeness (QED) is 0.355. The van der Waals surface area contributed by atoms with Crippen molar-refractivity contribution in [1.82, 2.24) is 0 Å². The SMILES string of the molecule is CC/C=C\CC/C=C/[C@@H](O)CCCCCCCCC(=O)O. The lowest BCUT2D eigenvalue weighted by molar-refractivity contribution is -0.137. The van der Waals surface area contributed by atoms with E-state index >= 15 is 0 Å². The molecule has 0 aromatic carbocycles. The molecule has 0 saturated heterocycles. The number of aliphatic carboxylic acids is 1. The van der Waals surface area contributed by atoms with Crippen LogP contribution < -0.4 is 0 Å². The number of hydrogen-bond acceptors (Lipinski definition) is 2. The molecule has 1 atom stereocenters. The number of hydrogen-bond donors (Lipinski definition) is 2. The third kappa shape index (κ3) is 16.9. The molecule has 21 heavy (non-hydrogen) atoms. The average molecular weight is 296 g/mol. The van der Waals surface area contributed by atoms with E-state index in [-0.39, 0.29) is 12.5 Å². The van der Waals surface area contributed by atoms with Gasteiger partial charge in [-0.3, -0.25) is 4.79 Å². The molecule has 0 saturated carbocycles. The first-order valence-electron chi connectivity index (χ1n) is 8.38. The van der Waals surface area contributed by atoms with Crippen LogP contribution in [0.1, 0.15) is 77.6 Å². The van der Waals surface area contributed by atoms with Crippen LogP contribution in [0.4, 0.5) is 0 Å². The molecule has 0 aliphatic carbocycles. The summed E-state index contributed by atoms with van der Waals surface area (Å²) < 4.78 is 0. The summed E-state index contributed by atoms with van der Waals surface area (Å²) in [5.74, 6) is -0.699. The second kappa shape index (κ2) is 15.3.